The van der Waals surface area contributed by atoms with Gasteiger partial charge in [0, 0.05) is 6.04 Å². The average molecular weight is 224 g/mol. The van der Waals surface area contributed by atoms with Crippen molar-refractivity contribution in [2.45, 2.75) is 39.2 Å². The molecule has 1 saturated carbocycles. The highest BCUT2D eigenvalue weighted by Crippen LogP contribution is 2.32. The summed E-state index contributed by atoms with van der Waals surface area (Å²) >= 11 is 0. The van der Waals surface area contributed by atoms with Gasteiger partial charge in [0.05, 0.1) is 13.1 Å². The second-order valence-corrected chi connectivity index (χ2v) is 5.34. The van der Waals surface area contributed by atoms with Crippen molar-refractivity contribution in [3.63, 3.8) is 0 Å². The fourth-order valence-corrected chi connectivity index (χ4v) is 3.09. The van der Waals surface area contributed by atoms with Gasteiger partial charge in [-0.2, -0.15) is 0 Å². The number of carbonyl (C=O) groups is 2. The summed E-state index contributed by atoms with van der Waals surface area (Å²) in [5.41, 5.74) is 0. The molecule has 1 heterocycles. The van der Waals surface area contributed by atoms with E-state index in [4.69, 9.17) is 0 Å². The normalized spacial score (nSPS) is 37.2. The van der Waals surface area contributed by atoms with Crippen LogP contribution in [0.3, 0.4) is 0 Å². The van der Waals surface area contributed by atoms with Crippen molar-refractivity contribution >= 4 is 11.8 Å². The lowest BCUT2D eigenvalue weighted by Gasteiger charge is -2.41. The lowest BCUT2D eigenvalue weighted by atomic mass is 9.79. The van der Waals surface area contributed by atoms with Crippen LogP contribution in [0.4, 0.5) is 0 Å². The molecule has 2 rings (SSSR count). The molecule has 3 atom stereocenters. The van der Waals surface area contributed by atoms with Crippen LogP contribution < -0.4 is 5.32 Å². The summed E-state index contributed by atoms with van der Waals surface area (Å²) in [5, 5.41) is 2.35. The summed E-state index contributed by atoms with van der Waals surface area (Å²) in [6.07, 6.45) is 3.53. The molecular formula is C12H20N2O2. The molecule has 1 saturated heterocycles. The number of rotatable bonds is 1. The third-order valence-electron chi connectivity index (χ3n) is 3.83. The third kappa shape index (κ3) is 2.43. The van der Waals surface area contributed by atoms with Crippen LogP contribution in [0.2, 0.25) is 0 Å². The van der Waals surface area contributed by atoms with E-state index < -0.39 is 0 Å². The van der Waals surface area contributed by atoms with Crippen LogP contribution in [0.5, 0.6) is 0 Å². The molecule has 0 bridgehead atoms. The summed E-state index contributed by atoms with van der Waals surface area (Å²) < 4.78 is 0. The monoisotopic (exact) mass is 224 g/mol. The smallest absolute Gasteiger partial charge is 0.240 e. The van der Waals surface area contributed by atoms with E-state index in [-0.39, 0.29) is 11.8 Å². The van der Waals surface area contributed by atoms with Gasteiger partial charge < -0.3 is 0 Å². The maximum absolute atomic E-state index is 11.3. The predicted octanol–water partition coefficient (Wildman–Crippen LogP) is 0.769. The zero-order chi connectivity index (χ0) is 11.7. The average Bonchev–Trinajstić information content (AvgIpc) is 2.15. The summed E-state index contributed by atoms with van der Waals surface area (Å²) in [7, 11) is 0. The maximum Gasteiger partial charge on any atom is 0.240 e. The van der Waals surface area contributed by atoms with Gasteiger partial charge in [-0.25, -0.2) is 0 Å². The van der Waals surface area contributed by atoms with Gasteiger partial charge in [0.2, 0.25) is 11.8 Å². The molecule has 2 amide bonds. The SMILES string of the molecule is CC1CCC(N2CC(=O)NC(=O)C2)C(C)C1. The highest BCUT2D eigenvalue weighted by molar-refractivity contribution is 5.99. The molecule has 0 aromatic carbocycles. The Balaban J connectivity index is 2.01. The number of amides is 2. The quantitative estimate of drug-likeness (QED) is 0.669. The fraction of sp³-hybridized carbons (Fsp3) is 0.833. The minimum absolute atomic E-state index is 0.151. The predicted molar refractivity (Wildman–Crippen MR) is 60.7 cm³/mol. The van der Waals surface area contributed by atoms with Crippen molar-refractivity contribution in [1.29, 1.82) is 0 Å². The number of piperazine rings is 1. The molecule has 1 N–H and O–H groups in total. The Labute approximate surface area is 96.4 Å². The van der Waals surface area contributed by atoms with E-state index in [1.54, 1.807) is 0 Å². The largest absolute Gasteiger partial charge is 0.294 e. The molecule has 0 aromatic heterocycles. The highest BCUT2D eigenvalue weighted by Gasteiger charge is 2.34. The molecule has 4 nitrogen and oxygen atoms in total. The first kappa shape index (κ1) is 11.6. The topological polar surface area (TPSA) is 49.4 Å². The molecule has 0 radical (unpaired) electrons. The standard InChI is InChI=1S/C12H20N2O2/c1-8-3-4-10(9(2)5-8)14-6-11(15)13-12(16)7-14/h8-10H,3-7H2,1-2H3,(H,13,15,16). The first-order chi connectivity index (χ1) is 7.56. The molecule has 0 aromatic rings. The Hall–Kier alpha value is -0.900. The molecule has 3 unspecified atom stereocenters. The molecule has 16 heavy (non-hydrogen) atoms. The summed E-state index contributed by atoms with van der Waals surface area (Å²) in [5.74, 6) is 1.06. The number of hydrogen-bond donors (Lipinski definition) is 1. The van der Waals surface area contributed by atoms with E-state index in [2.05, 4.69) is 24.1 Å². The summed E-state index contributed by atoms with van der Waals surface area (Å²) in [6, 6.07) is 0.409. The second kappa shape index (κ2) is 4.53. The van der Waals surface area contributed by atoms with Crippen LogP contribution in [0.1, 0.15) is 33.1 Å². The molecule has 1 aliphatic carbocycles. The Kier molecular flexibility index (Phi) is 3.28. The number of imide groups is 1. The van der Waals surface area contributed by atoms with E-state index in [1.165, 1.54) is 12.8 Å². The maximum atomic E-state index is 11.3. The molecule has 4 heteroatoms. The third-order valence-corrected chi connectivity index (χ3v) is 3.83. The van der Waals surface area contributed by atoms with E-state index in [9.17, 15) is 9.59 Å². The number of nitrogens with one attached hydrogen (secondary N) is 1. The first-order valence-corrected chi connectivity index (χ1v) is 6.13. The van der Waals surface area contributed by atoms with E-state index in [0.29, 0.717) is 25.0 Å². The van der Waals surface area contributed by atoms with Crippen LogP contribution >= 0.6 is 0 Å². The van der Waals surface area contributed by atoms with Crippen LogP contribution in [0, 0.1) is 11.8 Å². The van der Waals surface area contributed by atoms with E-state index in [1.807, 2.05) is 0 Å². The van der Waals surface area contributed by atoms with E-state index in [0.717, 1.165) is 12.3 Å². The van der Waals surface area contributed by atoms with Crippen molar-refractivity contribution in [1.82, 2.24) is 10.2 Å². The summed E-state index contributed by atoms with van der Waals surface area (Å²) in [6.45, 7) is 5.28. The van der Waals surface area contributed by atoms with Crippen molar-refractivity contribution in [2.24, 2.45) is 11.8 Å². The van der Waals surface area contributed by atoms with Gasteiger partial charge in [0.1, 0.15) is 0 Å². The Morgan fingerprint density at radius 1 is 1.12 bits per heavy atom. The Bertz CT molecular complexity index is 287. The zero-order valence-corrected chi connectivity index (χ0v) is 10.0. The lowest BCUT2D eigenvalue weighted by Crippen LogP contribution is -2.56. The highest BCUT2D eigenvalue weighted by atomic mass is 16.2. The molecule has 90 valence electrons. The molecular weight excluding hydrogens is 204 g/mol. The minimum Gasteiger partial charge on any atom is -0.294 e. The van der Waals surface area contributed by atoms with Gasteiger partial charge >= 0.3 is 0 Å². The van der Waals surface area contributed by atoms with Crippen molar-refractivity contribution < 1.29 is 9.59 Å². The van der Waals surface area contributed by atoms with Crippen LogP contribution in [-0.4, -0.2) is 35.8 Å². The minimum atomic E-state index is -0.151. The van der Waals surface area contributed by atoms with Gasteiger partial charge in [-0.05, 0) is 31.1 Å². The van der Waals surface area contributed by atoms with Gasteiger partial charge in [-0.1, -0.05) is 13.8 Å². The molecule has 0 spiro atoms. The molecule has 2 aliphatic rings. The van der Waals surface area contributed by atoms with Gasteiger partial charge in [0.15, 0.2) is 0 Å². The lowest BCUT2D eigenvalue weighted by molar-refractivity contribution is -0.138. The number of nitrogens with zero attached hydrogens (tertiary/aromatic N) is 1. The van der Waals surface area contributed by atoms with Gasteiger partial charge in [-0.3, -0.25) is 19.8 Å². The van der Waals surface area contributed by atoms with Crippen LogP contribution in [-0.2, 0) is 9.59 Å². The molecule has 1 aliphatic heterocycles. The fourth-order valence-electron chi connectivity index (χ4n) is 3.09. The summed E-state index contributed by atoms with van der Waals surface area (Å²) in [4.78, 5) is 24.7. The van der Waals surface area contributed by atoms with Crippen molar-refractivity contribution in [3.8, 4) is 0 Å². The zero-order valence-electron chi connectivity index (χ0n) is 10.0. The number of carbonyl (C=O) groups excluding carboxylic acids is 2. The van der Waals surface area contributed by atoms with Gasteiger partial charge in [0.25, 0.3) is 0 Å². The van der Waals surface area contributed by atoms with Gasteiger partial charge in [-0.15, -0.1) is 0 Å². The number of hydrogen-bond acceptors (Lipinski definition) is 3. The van der Waals surface area contributed by atoms with E-state index >= 15 is 0 Å². The van der Waals surface area contributed by atoms with Crippen molar-refractivity contribution in [2.75, 3.05) is 13.1 Å². The van der Waals surface area contributed by atoms with Crippen molar-refractivity contribution in [3.05, 3.63) is 0 Å². The first-order valence-electron chi connectivity index (χ1n) is 6.13. The second-order valence-electron chi connectivity index (χ2n) is 5.34. The van der Waals surface area contributed by atoms with Crippen LogP contribution in [0.25, 0.3) is 0 Å². The van der Waals surface area contributed by atoms with Crippen LogP contribution in [0.15, 0.2) is 0 Å². The Morgan fingerprint density at radius 2 is 1.75 bits per heavy atom. The Morgan fingerprint density at radius 3 is 2.31 bits per heavy atom. The molecule has 2 fully saturated rings.